The average Bonchev–Trinajstić information content (AvgIpc) is 2.42. The predicted octanol–water partition coefficient (Wildman–Crippen LogP) is 3.36. The first-order valence-electron chi connectivity index (χ1n) is 7.26. The van der Waals surface area contributed by atoms with Gasteiger partial charge in [-0.15, -0.1) is 0 Å². The van der Waals surface area contributed by atoms with Crippen molar-refractivity contribution in [3.8, 4) is 0 Å². The van der Waals surface area contributed by atoms with Crippen molar-refractivity contribution in [3.63, 3.8) is 0 Å². The second kappa shape index (κ2) is 6.19. The van der Waals surface area contributed by atoms with Crippen molar-refractivity contribution in [2.45, 2.75) is 50.8 Å². The molecular weight excluding hydrogens is 254 g/mol. The summed E-state index contributed by atoms with van der Waals surface area (Å²) >= 11 is 0. The molecule has 0 fully saturated rings. The maximum absolute atomic E-state index is 12.6. The molecule has 0 radical (unpaired) electrons. The van der Waals surface area contributed by atoms with Crippen molar-refractivity contribution in [1.29, 1.82) is 0 Å². The van der Waals surface area contributed by atoms with E-state index in [2.05, 4.69) is 39.0 Å². The average molecular weight is 279 g/mol. The van der Waals surface area contributed by atoms with Crippen LogP contribution in [0.3, 0.4) is 0 Å². The summed E-state index contributed by atoms with van der Waals surface area (Å²) in [6.45, 7) is 6.54. The largest absolute Gasteiger partial charge is 0.323 e. The van der Waals surface area contributed by atoms with Gasteiger partial charge < -0.3 is 5.73 Å². The highest BCUT2D eigenvalue weighted by Crippen LogP contribution is 2.38. The van der Waals surface area contributed by atoms with Crippen LogP contribution in [0.25, 0.3) is 0 Å². The van der Waals surface area contributed by atoms with Gasteiger partial charge in [0.1, 0.15) is 0 Å². The van der Waals surface area contributed by atoms with Crippen LogP contribution in [0.15, 0.2) is 24.3 Å². The van der Waals surface area contributed by atoms with Gasteiger partial charge >= 0.3 is 0 Å². The summed E-state index contributed by atoms with van der Waals surface area (Å²) in [6.07, 6.45) is 2.03. The van der Waals surface area contributed by atoms with Crippen LogP contribution in [0.2, 0.25) is 0 Å². The number of hydrogen-bond acceptors (Lipinski definition) is 2. The van der Waals surface area contributed by atoms with E-state index in [1.165, 1.54) is 11.1 Å². The SMILES string of the molecule is CCC(C)CS(=O)C1CC(C)c2ccccc2C1N. The van der Waals surface area contributed by atoms with Crippen LogP contribution >= 0.6 is 0 Å². The fourth-order valence-corrected chi connectivity index (χ4v) is 4.90. The van der Waals surface area contributed by atoms with Gasteiger partial charge in [-0.2, -0.15) is 0 Å². The third-order valence-corrected chi connectivity index (χ3v) is 6.41. The third-order valence-electron chi connectivity index (χ3n) is 4.36. The van der Waals surface area contributed by atoms with Crippen LogP contribution in [0.1, 0.15) is 56.7 Å². The van der Waals surface area contributed by atoms with Gasteiger partial charge in [0.2, 0.25) is 0 Å². The van der Waals surface area contributed by atoms with Crippen molar-refractivity contribution >= 4 is 10.8 Å². The summed E-state index contributed by atoms with van der Waals surface area (Å²) in [5.74, 6) is 1.76. The summed E-state index contributed by atoms with van der Waals surface area (Å²) in [5.41, 5.74) is 8.92. The normalized spacial score (nSPS) is 29.6. The number of rotatable bonds is 4. The first-order valence-corrected chi connectivity index (χ1v) is 8.64. The highest BCUT2D eigenvalue weighted by atomic mass is 32.2. The minimum atomic E-state index is -0.819. The first kappa shape index (κ1) is 14.7. The maximum atomic E-state index is 12.6. The first-order chi connectivity index (χ1) is 9.04. The van der Waals surface area contributed by atoms with Crippen molar-refractivity contribution < 1.29 is 4.21 Å². The Morgan fingerprint density at radius 1 is 1.37 bits per heavy atom. The van der Waals surface area contributed by atoms with Crippen LogP contribution in [0.5, 0.6) is 0 Å². The van der Waals surface area contributed by atoms with E-state index in [0.717, 1.165) is 18.6 Å². The number of fused-ring (bicyclic) bond motifs is 1. The fourth-order valence-electron chi connectivity index (χ4n) is 2.88. The molecule has 1 aliphatic carbocycles. The van der Waals surface area contributed by atoms with Crippen LogP contribution in [-0.4, -0.2) is 15.2 Å². The lowest BCUT2D eigenvalue weighted by Crippen LogP contribution is -2.37. The summed E-state index contributed by atoms with van der Waals surface area (Å²) in [4.78, 5) is 0. The smallest absolute Gasteiger partial charge is 0.0546 e. The molecule has 0 aromatic heterocycles. The Morgan fingerprint density at radius 3 is 2.63 bits per heavy atom. The summed E-state index contributed by atoms with van der Waals surface area (Å²) < 4.78 is 12.6. The fraction of sp³-hybridized carbons (Fsp3) is 0.625. The van der Waals surface area contributed by atoms with Gasteiger partial charge in [0.05, 0.1) is 5.25 Å². The molecule has 2 N–H and O–H groups in total. The van der Waals surface area contributed by atoms with Crippen LogP contribution in [0.4, 0.5) is 0 Å². The van der Waals surface area contributed by atoms with Crippen molar-refractivity contribution in [1.82, 2.24) is 0 Å². The standard InChI is InChI=1S/C16H25NOS/c1-4-11(2)10-19(18)15-9-12(3)13-7-5-6-8-14(13)16(15)17/h5-8,11-12,15-16H,4,9-10,17H2,1-3H3. The summed E-state index contributed by atoms with van der Waals surface area (Å²) in [6, 6.07) is 8.29. The van der Waals surface area contributed by atoms with Gasteiger partial charge in [-0.1, -0.05) is 51.5 Å². The molecule has 1 aromatic carbocycles. The molecule has 0 saturated heterocycles. The predicted molar refractivity (Wildman–Crippen MR) is 82.7 cm³/mol. The van der Waals surface area contributed by atoms with E-state index in [0.29, 0.717) is 11.8 Å². The third kappa shape index (κ3) is 3.09. The molecule has 19 heavy (non-hydrogen) atoms. The lowest BCUT2D eigenvalue weighted by atomic mass is 9.81. The number of nitrogens with two attached hydrogens (primary N) is 1. The Kier molecular flexibility index (Phi) is 4.80. The molecule has 0 heterocycles. The van der Waals surface area contributed by atoms with Gasteiger partial charge in [0, 0.05) is 22.6 Å². The topological polar surface area (TPSA) is 43.1 Å². The van der Waals surface area contributed by atoms with Crippen molar-refractivity contribution in [2.24, 2.45) is 11.7 Å². The van der Waals surface area contributed by atoms with Crippen LogP contribution < -0.4 is 5.73 Å². The van der Waals surface area contributed by atoms with E-state index in [1.807, 2.05) is 6.07 Å². The highest BCUT2D eigenvalue weighted by Gasteiger charge is 2.34. The lowest BCUT2D eigenvalue weighted by molar-refractivity contribution is 0.508. The molecule has 5 atom stereocenters. The second-order valence-electron chi connectivity index (χ2n) is 5.89. The zero-order valence-corrected chi connectivity index (χ0v) is 13.0. The molecule has 0 spiro atoms. The monoisotopic (exact) mass is 279 g/mol. The summed E-state index contributed by atoms with van der Waals surface area (Å²) in [5, 5.41) is 0.110. The van der Waals surface area contributed by atoms with E-state index < -0.39 is 10.8 Å². The molecule has 0 saturated carbocycles. The Labute approximate surface area is 119 Å². The van der Waals surface area contributed by atoms with Gasteiger partial charge in [0.25, 0.3) is 0 Å². The van der Waals surface area contributed by atoms with E-state index in [-0.39, 0.29) is 11.3 Å². The molecule has 1 aromatic rings. The van der Waals surface area contributed by atoms with Gasteiger partial charge in [-0.3, -0.25) is 4.21 Å². The molecule has 0 aliphatic heterocycles. The zero-order chi connectivity index (χ0) is 14.0. The Morgan fingerprint density at radius 2 is 2.00 bits per heavy atom. The lowest BCUT2D eigenvalue weighted by Gasteiger charge is -2.34. The molecule has 2 rings (SSSR count). The second-order valence-corrected chi connectivity index (χ2v) is 7.59. The molecule has 0 amide bonds. The highest BCUT2D eigenvalue weighted by molar-refractivity contribution is 7.85. The molecule has 1 aliphatic rings. The van der Waals surface area contributed by atoms with E-state index in [1.54, 1.807) is 0 Å². The van der Waals surface area contributed by atoms with Crippen LogP contribution in [-0.2, 0) is 10.8 Å². The van der Waals surface area contributed by atoms with E-state index >= 15 is 0 Å². The molecule has 106 valence electrons. The minimum absolute atomic E-state index is 0.0720. The van der Waals surface area contributed by atoms with Crippen LogP contribution in [0, 0.1) is 5.92 Å². The Bertz CT molecular complexity index is 460. The summed E-state index contributed by atoms with van der Waals surface area (Å²) in [7, 11) is -0.819. The minimum Gasteiger partial charge on any atom is -0.323 e. The van der Waals surface area contributed by atoms with Crippen molar-refractivity contribution in [3.05, 3.63) is 35.4 Å². The quantitative estimate of drug-likeness (QED) is 0.918. The Balaban J connectivity index is 2.20. The van der Waals surface area contributed by atoms with Gasteiger partial charge in [0.15, 0.2) is 0 Å². The zero-order valence-electron chi connectivity index (χ0n) is 12.1. The molecular formula is C16H25NOS. The Hall–Kier alpha value is -0.670. The molecule has 3 heteroatoms. The van der Waals surface area contributed by atoms with E-state index in [4.69, 9.17) is 5.73 Å². The van der Waals surface area contributed by atoms with Gasteiger partial charge in [-0.05, 0) is 29.4 Å². The molecule has 5 unspecified atom stereocenters. The van der Waals surface area contributed by atoms with E-state index in [9.17, 15) is 4.21 Å². The number of hydrogen-bond donors (Lipinski definition) is 1. The van der Waals surface area contributed by atoms with Crippen molar-refractivity contribution in [2.75, 3.05) is 5.75 Å². The molecule has 0 bridgehead atoms. The molecule has 2 nitrogen and oxygen atoms in total. The van der Waals surface area contributed by atoms with Gasteiger partial charge in [-0.25, -0.2) is 0 Å². The number of benzene rings is 1. The maximum Gasteiger partial charge on any atom is 0.0546 e.